The molecule has 1 aromatic carbocycles. The fourth-order valence-electron chi connectivity index (χ4n) is 2.00. The van der Waals surface area contributed by atoms with Crippen molar-refractivity contribution in [3.63, 3.8) is 0 Å². The standard InChI is InChI=1S/C16H20N2O4S2/c1-12(19)17-11-15-7-8-16(23-15)24(20,21)18-10-9-13-3-5-14(22-2)6-4-13/h3-8,18H,9-11H2,1-2H3,(H,17,19). The largest absolute Gasteiger partial charge is 0.497 e. The van der Waals surface area contributed by atoms with Crippen molar-refractivity contribution in [1.82, 2.24) is 10.0 Å². The highest BCUT2D eigenvalue weighted by atomic mass is 32.2. The number of hydrogen-bond donors (Lipinski definition) is 2. The summed E-state index contributed by atoms with van der Waals surface area (Å²) in [5, 5.41) is 2.65. The maximum Gasteiger partial charge on any atom is 0.250 e. The molecule has 1 aromatic heterocycles. The molecule has 1 amide bonds. The summed E-state index contributed by atoms with van der Waals surface area (Å²) < 4.78 is 32.5. The molecule has 0 bridgehead atoms. The van der Waals surface area contributed by atoms with E-state index in [1.807, 2.05) is 24.3 Å². The Labute approximate surface area is 145 Å². The van der Waals surface area contributed by atoms with E-state index in [4.69, 9.17) is 4.74 Å². The van der Waals surface area contributed by atoms with Gasteiger partial charge in [-0.1, -0.05) is 12.1 Å². The molecule has 1 heterocycles. The lowest BCUT2D eigenvalue weighted by atomic mass is 10.1. The van der Waals surface area contributed by atoms with Crippen LogP contribution in [0.25, 0.3) is 0 Å². The van der Waals surface area contributed by atoms with Crippen LogP contribution in [0, 0.1) is 0 Å². The van der Waals surface area contributed by atoms with E-state index < -0.39 is 10.0 Å². The van der Waals surface area contributed by atoms with Crippen LogP contribution >= 0.6 is 11.3 Å². The molecule has 0 unspecified atom stereocenters. The van der Waals surface area contributed by atoms with Gasteiger partial charge in [-0.15, -0.1) is 11.3 Å². The van der Waals surface area contributed by atoms with Gasteiger partial charge < -0.3 is 10.1 Å². The number of carbonyl (C=O) groups is 1. The maximum atomic E-state index is 12.3. The lowest BCUT2D eigenvalue weighted by molar-refractivity contribution is -0.119. The third kappa shape index (κ3) is 5.33. The normalized spacial score (nSPS) is 11.2. The lowest BCUT2D eigenvalue weighted by Gasteiger charge is -2.06. The van der Waals surface area contributed by atoms with E-state index in [0.717, 1.165) is 27.5 Å². The molecule has 6 nitrogen and oxygen atoms in total. The zero-order chi connectivity index (χ0) is 17.6. The molecule has 0 aliphatic heterocycles. The summed E-state index contributed by atoms with van der Waals surface area (Å²) in [6, 6.07) is 10.8. The van der Waals surface area contributed by atoms with Gasteiger partial charge in [-0.3, -0.25) is 4.79 Å². The molecule has 2 aromatic rings. The Hall–Kier alpha value is -1.90. The molecule has 130 valence electrons. The number of rotatable bonds is 8. The summed E-state index contributed by atoms with van der Waals surface area (Å²) in [5.41, 5.74) is 1.02. The molecule has 0 saturated heterocycles. The van der Waals surface area contributed by atoms with Crippen molar-refractivity contribution in [3.8, 4) is 5.75 Å². The first-order valence-electron chi connectivity index (χ1n) is 7.36. The minimum Gasteiger partial charge on any atom is -0.497 e. The Balaban J connectivity index is 1.89. The number of nitrogens with one attached hydrogen (secondary N) is 2. The zero-order valence-electron chi connectivity index (χ0n) is 13.5. The second-order valence-corrected chi connectivity index (χ2v) is 8.29. The quantitative estimate of drug-likeness (QED) is 0.745. The van der Waals surface area contributed by atoms with E-state index >= 15 is 0 Å². The molecule has 0 aliphatic rings. The van der Waals surface area contributed by atoms with E-state index in [1.54, 1.807) is 19.2 Å². The Bertz CT molecular complexity index is 783. The van der Waals surface area contributed by atoms with Gasteiger partial charge in [0.25, 0.3) is 0 Å². The van der Waals surface area contributed by atoms with Crippen LogP contribution in [0.15, 0.2) is 40.6 Å². The third-order valence-corrected chi connectivity index (χ3v) is 6.32. The van der Waals surface area contributed by atoms with Crippen LogP contribution in [-0.2, 0) is 27.8 Å². The van der Waals surface area contributed by atoms with Crippen molar-refractivity contribution in [3.05, 3.63) is 46.8 Å². The Morgan fingerprint density at radius 3 is 2.50 bits per heavy atom. The molecule has 0 atom stereocenters. The molecule has 2 rings (SSSR count). The lowest BCUT2D eigenvalue weighted by Crippen LogP contribution is -2.25. The highest BCUT2D eigenvalue weighted by Crippen LogP contribution is 2.21. The van der Waals surface area contributed by atoms with Gasteiger partial charge in [0.05, 0.1) is 13.7 Å². The molecule has 8 heteroatoms. The van der Waals surface area contributed by atoms with Gasteiger partial charge in [-0.25, -0.2) is 13.1 Å². The summed E-state index contributed by atoms with van der Waals surface area (Å²) in [6.07, 6.45) is 0.591. The summed E-state index contributed by atoms with van der Waals surface area (Å²) in [6.45, 7) is 2.07. The SMILES string of the molecule is COc1ccc(CCNS(=O)(=O)c2ccc(CNC(C)=O)s2)cc1. The number of amides is 1. The van der Waals surface area contributed by atoms with Gasteiger partial charge in [0.1, 0.15) is 9.96 Å². The molecule has 0 radical (unpaired) electrons. The highest BCUT2D eigenvalue weighted by molar-refractivity contribution is 7.91. The summed E-state index contributed by atoms with van der Waals surface area (Å²) in [5.74, 6) is 0.620. The first-order valence-corrected chi connectivity index (χ1v) is 9.66. The van der Waals surface area contributed by atoms with Gasteiger partial charge in [0.15, 0.2) is 0 Å². The van der Waals surface area contributed by atoms with Crippen LogP contribution in [0.1, 0.15) is 17.4 Å². The van der Waals surface area contributed by atoms with Crippen molar-refractivity contribution in [1.29, 1.82) is 0 Å². The smallest absolute Gasteiger partial charge is 0.250 e. The zero-order valence-corrected chi connectivity index (χ0v) is 15.2. The molecule has 0 spiro atoms. The molecule has 2 N–H and O–H groups in total. The number of methoxy groups -OCH3 is 1. The Morgan fingerprint density at radius 1 is 1.17 bits per heavy atom. The van der Waals surface area contributed by atoms with Gasteiger partial charge >= 0.3 is 0 Å². The van der Waals surface area contributed by atoms with Crippen LogP contribution in [-0.4, -0.2) is 28.0 Å². The van der Waals surface area contributed by atoms with Crippen molar-refractivity contribution < 1.29 is 17.9 Å². The first-order chi connectivity index (χ1) is 11.4. The molecular formula is C16H20N2O4S2. The average molecular weight is 368 g/mol. The number of thiophene rings is 1. The predicted octanol–water partition coefficient (Wildman–Crippen LogP) is 1.91. The van der Waals surface area contributed by atoms with Crippen LogP contribution < -0.4 is 14.8 Å². The summed E-state index contributed by atoms with van der Waals surface area (Å²) in [7, 11) is -1.93. The van der Waals surface area contributed by atoms with Gasteiger partial charge in [0, 0.05) is 18.3 Å². The second kappa shape index (κ2) is 8.27. The fraction of sp³-hybridized carbons (Fsp3) is 0.312. The van der Waals surface area contributed by atoms with E-state index in [9.17, 15) is 13.2 Å². The van der Waals surface area contributed by atoms with Crippen LogP contribution in [0.4, 0.5) is 0 Å². The predicted molar refractivity (Wildman–Crippen MR) is 93.7 cm³/mol. The van der Waals surface area contributed by atoms with Crippen molar-refractivity contribution >= 4 is 27.3 Å². The van der Waals surface area contributed by atoms with E-state index in [2.05, 4.69) is 10.0 Å². The minimum atomic E-state index is -3.53. The molecule has 0 saturated carbocycles. The van der Waals surface area contributed by atoms with Crippen molar-refractivity contribution in [2.45, 2.75) is 24.1 Å². The van der Waals surface area contributed by atoms with Crippen molar-refractivity contribution in [2.24, 2.45) is 0 Å². The second-order valence-electron chi connectivity index (χ2n) is 5.13. The van der Waals surface area contributed by atoms with E-state index in [0.29, 0.717) is 19.5 Å². The first kappa shape index (κ1) is 18.4. The monoisotopic (exact) mass is 368 g/mol. The van der Waals surface area contributed by atoms with Crippen LogP contribution in [0.3, 0.4) is 0 Å². The van der Waals surface area contributed by atoms with Gasteiger partial charge in [-0.2, -0.15) is 0 Å². The molecule has 0 aliphatic carbocycles. The topological polar surface area (TPSA) is 84.5 Å². The maximum absolute atomic E-state index is 12.3. The molecular weight excluding hydrogens is 348 g/mol. The highest BCUT2D eigenvalue weighted by Gasteiger charge is 2.16. The van der Waals surface area contributed by atoms with E-state index in [1.165, 1.54) is 6.92 Å². The van der Waals surface area contributed by atoms with Crippen molar-refractivity contribution in [2.75, 3.05) is 13.7 Å². The van der Waals surface area contributed by atoms with Gasteiger partial charge in [0.2, 0.25) is 15.9 Å². The summed E-state index contributed by atoms with van der Waals surface area (Å²) in [4.78, 5) is 11.7. The molecule has 0 fully saturated rings. The fourth-order valence-corrected chi connectivity index (χ4v) is 4.37. The number of ether oxygens (including phenoxy) is 1. The third-order valence-electron chi connectivity index (χ3n) is 3.28. The number of hydrogen-bond acceptors (Lipinski definition) is 5. The Kier molecular flexibility index (Phi) is 6.36. The number of sulfonamides is 1. The average Bonchev–Trinajstić information content (AvgIpc) is 3.03. The summed E-state index contributed by atoms with van der Waals surface area (Å²) >= 11 is 1.15. The number of carbonyl (C=O) groups excluding carboxylic acids is 1. The Morgan fingerprint density at radius 2 is 1.88 bits per heavy atom. The van der Waals surface area contributed by atoms with E-state index in [-0.39, 0.29) is 10.1 Å². The molecule has 24 heavy (non-hydrogen) atoms. The van der Waals surface area contributed by atoms with Crippen LogP contribution in [0.2, 0.25) is 0 Å². The van der Waals surface area contributed by atoms with Gasteiger partial charge in [-0.05, 0) is 36.2 Å². The minimum absolute atomic E-state index is 0.148. The van der Waals surface area contributed by atoms with Crippen LogP contribution in [0.5, 0.6) is 5.75 Å². The number of benzene rings is 1.